The van der Waals surface area contributed by atoms with Gasteiger partial charge in [-0.1, -0.05) is 45.1 Å². The highest BCUT2D eigenvalue weighted by Crippen LogP contribution is 2.52. The van der Waals surface area contributed by atoms with E-state index in [1.165, 1.54) is 18.9 Å². The van der Waals surface area contributed by atoms with Crippen molar-refractivity contribution in [2.45, 2.75) is 83.3 Å². The van der Waals surface area contributed by atoms with Gasteiger partial charge in [0.2, 0.25) is 5.78 Å². The third kappa shape index (κ3) is 3.96. The fourth-order valence-corrected chi connectivity index (χ4v) is 6.15. The number of carbonyl (C=O) groups is 3. The highest BCUT2D eigenvalue weighted by molar-refractivity contribution is 6.23. The molecule has 3 aliphatic rings. The fourth-order valence-electron chi connectivity index (χ4n) is 6.15. The molecule has 1 aromatic carbocycles. The summed E-state index contributed by atoms with van der Waals surface area (Å²) in [5.41, 5.74) is -2.12. The Kier molecular flexibility index (Phi) is 7.12. The third-order valence-corrected chi connectivity index (χ3v) is 8.06. The molecule has 36 heavy (non-hydrogen) atoms. The van der Waals surface area contributed by atoms with E-state index in [1.54, 1.807) is 6.07 Å². The van der Waals surface area contributed by atoms with E-state index in [0.29, 0.717) is 12.0 Å². The number of aliphatic hydroxyl groups excluding tert-OH is 3. The number of phenols is 1. The molecule has 1 saturated carbocycles. The number of phenolic OH excluding ortho intramolecular Hbond substituents is 1. The van der Waals surface area contributed by atoms with Crippen LogP contribution in [0.25, 0.3) is 5.76 Å². The molecule has 0 aliphatic heterocycles. The van der Waals surface area contributed by atoms with Crippen molar-refractivity contribution in [3.8, 4) is 5.75 Å². The Bertz CT molecular complexity index is 1180. The molecule has 3 aliphatic carbocycles. The maximum atomic E-state index is 13.6. The van der Waals surface area contributed by atoms with Crippen molar-refractivity contribution in [3.05, 3.63) is 45.7 Å². The summed E-state index contributed by atoms with van der Waals surface area (Å²) in [5, 5.41) is 55.1. The summed E-state index contributed by atoms with van der Waals surface area (Å²) in [6, 6.07) is 3.23. The molecule has 1 aromatic rings. The Morgan fingerprint density at radius 1 is 1.03 bits per heavy atom. The Labute approximate surface area is 210 Å². The molecule has 0 amide bonds. The summed E-state index contributed by atoms with van der Waals surface area (Å²) in [4.78, 5) is 38.1. The Morgan fingerprint density at radius 3 is 2.36 bits per heavy atom. The molecule has 0 bridgehead atoms. The third-order valence-electron chi connectivity index (χ3n) is 8.06. The lowest BCUT2D eigenvalue weighted by molar-refractivity contribution is -0.159. The summed E-state index contributed by atoms with van der Waals surface area (Å²) >= 11 is 0. The second-order valence-electron chi connectivity index (χ2n) is 10.3. The first-order valence-electron chi connectivity index (χ1n) is 12.8. The zero-order chi connectivity index (χ0) is 26.4. The minimum atomic E-state index is -2.72. The summed E-state index contributed by atoms with van der Waals surface area (Å²) in [5.74, 6) is -6.84. The maximum Gasteiger partial charge on any atom is 0.202 e. The zero-order valence-electron chi connectivity index (χ0n) is 20.7. The van der Waals surface area contributed by atoms with Crippen LogP contribution in [0.5, 0.6) is 5.75 Å². The number of ketones is 3. The standard InChI is InChI=1S/C28H34O8/c1-3-4-5-6-7-8-9-15-10-11-19(30)22-16(15)12-17-23(25(22)33)27(35)28(36)18(24(17)32)13-20(31)21(14(2)29)26(28)34/h10-11,17-18,24,30,32-34,36H,3-9,12-13H2,1-2H3. The number of carbonyl (C=O) groups excluding carboxylic acids is 3. The van der Waals surface area contributed by atoms with E-state index in [1.807, 2.05) is 0 Å². The summed E-state index contributed by atoms with van der Waals surface area (Å²) in [6.45, 7) is 3.20. The molecule has 4 atom stereocenters. The van der Waals surface area contributed by atoms with Gasteiger partial charge in [-0.05, 0) is 43.4 Å². The molecular weight excluding hydrogens is 464 g/mol. The van der Waals surface area contributed by atoms with Gasteiger partial charge in [0, 0.05) is 23.8 Å². The van der Waals surface area contributed by atoms with Crippen LogP contribution in [0.1, 0.15) is 75.5 Å². The molecule has 5 N–H and O–H groups in total. The van der Waals surface area contributed by atoms with Gasteiger partial charge in [0.05, 0.1) is 11.7 Å². The molecule has 1 fully saturated rings. The Hall–Kier alpha value is -2.97. The molecule has 8 nitrogen and oxygen atoms in total. The monoisotopic (exact) mass is 498 g/mol. The van der Waals surface area contributed by atoms with Crippen LogP contribution in [0.4, 0.5) is 0 Å². The topological polar surface area (TPSA) is 152 Å². The average Bonchev–Trinajstić information content (AvgIpc) is 2.82. The van der Waals surface area contributed by atoms with Crippen molar-refractivity contribution < 1.29 is 39.9 Å². The van der Waals surface area contributed by atoms with E-state index in [4.69, 9.17) is 0 Å². The minimum absolute atomic E-state index is 0.0782. The van der Waals surface area contributed by atoms with Crippen LogP contribution in [0.2, 0.25) is 0 Å². The zero-order valence-corrected chi connectivity index (χ0v) is 20.7. The molecule has 0 radical (unpaired) electrons. The van der Waals surface area contributed by atoms with Gasteiger partial charge in [0.25, 0.3) is 0 Å². The number of allylic oxidation sites excluding steroid dienone is 1. The van der Waals surface area contributed by atoms with E-state index in [0.717, 1.165) is 38.2 Å². The molecule has 8 heteroatoms. The van der Waals surface area contributed by atoms with E-state index in [2.05, 4.69) is 6.92 Å². The van der Waals surface area contributed by atoms with Gasteiger partial charge in [-0.15, -0.1) is 0 Å². The first kappa shape index (κ1) is 26.1. The lowest BCUT2D eigenvalue weighted by atomic mass is 9.57. The number of unbranched alkanes of at least 4 members (excludes halogenated alkanes) is 5. The number of aryl methyl sites for hydroxylation is 1. The summed E-state index contributed by atoms with van der Waals surface area (Å²) in [6.07, 6.45) is 5.45. The molecule has 4 unspecified atom stereocenters. The highest BCUT2D eigenvalue weighted by atomic mass is 16.4. The van der Waals surface area contributed by atoms with Crippen molar-refractivity contribution in [1.29, 1.82) is 0 Å². The van der Waals surface area contributed by atoms with Gasteiger partial charge in [0.1, 0.15) is 22.8 Å². The van der Waals surface area contributed by atoms with E-state index >= 15 is 0 Å². The first-order valence-corrected chi connectivity index (χ1v) is 12.8. The number of rotatable bonds is 8. The van der Waals surface area contributed by atoms with Crippen LogP contribution in [0.15, 0.2) is 29.0 Å². The van der Waals surface area contributed by atoms with Crippen molar-refractivity contribution >= 4 is 23.1 Å². The van der Waals surface area contributed by atoms with Crippen molar-refractivity contribution in [2.24, 2.45) is 11.8 Å². The quantitative estimate of drug-likeness (QED) is 0.270. The number of Topliss-reactive ketones (excluding diaryl/α,β-unsaturated/α-hetero) is 3. The van der Waals surface area contributed by atoms with E-state index in [-0.39, 0.29) is 23.3 Å². The van der Waals surface area contributed by atoms with Gasteiger partial charge in [-0.25, -0.2) is 0 Å². The predicted octanol–water partition coefficient (Wildman–Crippen LogP) is 3.40. The van der Waals surface area contributed by atoms with Gasteiger partial charge in [-0.2, -0.15) is 0 Å². The van der Waals surface area contributed by atoms with Gasteiger partial charge in [0.15, 0.2) is 17.2 Å². The van der Waals surface area contributed by atoms with Crippen LogP contribution in [-0.4, -0.2) is 54.6 Å². The largest absolute Gasteiger partial charge is 0.508 e. The number of benzene rings is 1. The van der Waals surface area contributed by atoms with E-state index in [9.17, 15) is 39.9 Å². The Morgan fingerprint density at radius 2 is 1.69 bits per heavy atom. The average molecular weight is 499 g/mol. The molecule has 0 heterocycles. The lowest BCUT2D eigenvalue weighted by Crippen LogP contribution is -2.63. The number of hydrogen-bond acceptors (Lipinski definition) is 8. The predicted molar refractivity (Wildman–Crippen MR) is 131 cm³/mol. The Balaban J connectivity index is 1.75. The molecular formula is C28H34O8. The van der Waals surface area contributed by atoms with Crippen molar-refractivity contribution in [3.63, 3.8) is 0 Å². The SMILES string of the molecule is CCCCCCCCc1ccc(O)c2c1CC1C(=C2O)C(=O)C2(O)C(O)=C(C(C)=O)C(=O)CC2C1O. The normalized spacial score (nSPS) is 27.6. The number of hydrogen-bond donors (Lipinski definition) is 5. The second kappa shape index (κ2) is 9.82. The maximum absolute atomic E-state index is 13.6. The van der Waals surface area contributed by atoms with Gasteiger partial charge < -0.3 is 25.5 Å². The van der Waals surface area contributed by atoms with Crippen LogP contribution in [0, 0.1) is 11.8 Å². The van der Waals surface area contributed by atoms with Crippen molar-refractivity contribution in [1.82, 2.24) is 0 Å². The van der Waals surface area contributed by atoms with Gasteiger partial charge >= 0.3 is 0 Å². The van der Waals surface area contributed by atoms with Crippen LogP contribution >= 0.6 is 0 Å². The number of fused-ring (bicyclic) bond motifs is 3. The number of aromatic hydroxyl groups is 1. The highest BCUT2D eigenvalue weighted by Gasteiger charge is 2.63. The second-order valence-corrected chi connectivity index (χ2v) is 10.3. The fraction of sp³-hybridized carbons (Fsp3) is 0.536. The molecule has 0 spiro atoms. The van der Waals surface area contributed by atoms with Crippen LogP contribution in [0.3, 0.4) is 0 Å². The lowest BCUT2D eigenvalue weighted by Gasteiger charge is -2.49. The number of aliphatic hydroxyl groups is 4. The summed E-state index contributed by atoms with van der Waals surface area (Å²) < 4.78 is 0. The van der Waals surface area contributed by atoms with Crippen LogP contribution in [-0.2, 0) is 27.2 Å². The smallest absolute Gasteiger partial charge is 0.202 e. The van der Waals surface area contributed by atoms with Crippen molar-refractivity contribution in [2.75, 3.05) is 0 Å². The first-order chi connectivity index (χ1) is 17.0. The van der Waals surface area contributed by atoms with E-state index < -0.39 is 64.4 Å². The summed E-state index contributed by atoms with van der Waals surface area (Å²) in [7, 11) is 0. The van der Waals surface area contributed by atoms with Gasteiger partial charge in [-0.3, -0.25) is 14.4 Å². The molecule has 0 aromatic heterocycles. The molecule has 194 valence electrons. The van der Waals surface area contributed by atoms with Crippen LogP contribution < -0.4 is 0 Å². The molecule has 4 rings (SSSR count). The molecule has 0 saturated heterocycles. The minimum Gasteiger partial charge on any atom is -0.508 e.